The Morgan fingerprint density at radius 3 is 2.38 bits per heavy atom. The SMILES string of the molecule is O=C(NCc1ccc(F)cc1)c1ccc(S(=O)(=O)N2CCc3ccccc32)cc1. The zero-order chi connectivity index (χ0) is 20.4. The maximum absolute atomic E-state index is 13.0. The number of sulfonamides is 1. The van der Waals surface area contributed by atoms with Gasteiger partial charge in [0.25, 0.3) is 15.9 Å². The van der Waals surface area contributed by atoms with E-state index in [0.717, 1.165) is 11.1 Å². The predicted octanol–water partition coefficient (Wildman–Crippen LogP) is 3.51. The second-order valence-corrected chi connectivity index (χ2v) is 8.65. The molecule has 7 heteroatoms. The summed E-state index contributed by atoms with van der Waals surface area (Å²) in [7, 11) is -3.69. The molecule has 29 heavy (non-hydrogen) atoms. The van der Waals surface area contributed by atoms with Crippen molar-refractivity contribution in [3.8, 4) is 0 Å². The van der Waals surface area contributed by atoms with Crippen molar-refractivity contribution >= 4 is 21.6 Å². The molecule has 0 bridgehead atoms. The van der Waals surface area contributed by atoms with Crippen LogP contribution in [0.15, 0.2) is 77.7 Å². The van der Waals surface area contributed by atoms with Crippen molar-refractivity contribution in [2.75, 3.05) is 10.8 Å². The monoisotopic (exact) mass is 410 g/mol. The average molecular weight is 410 g/mol. The zero-order valence-corrected chi connectivity index (χ0v) is 16.3. The van der Waals surface area contributed by atoms with Crippen molar-refractivity contribution in [3.63, 3.8) is 0 Å². The maximum Gasteiger partial charge on any atom is 0.264 e. The van der Waals surface area contributed by atoms with Crippen LogP contribution in [0.1, 0.15) is 21.5 Å². The minimum Gasteiger partial charge on any atom is -0.348 e. The minimum atomic E-state index is -3.69. The molecule has 1 heterocycles. The van der Waals surface area contributed by atoms with Crippen LogP contribution in [0, 0.1) is 5.82 Å². The van der Waals surface area contributed by atoms with Gasteiger partial charge in [0.15, 0.2) is 0 Å². The van der Waals surface area contributed by atoms with Gasteiger partial charge in [0.05, 0.1) is 10.6 Å². The summed E-state index contributed by atoms with van der Waals surface area (Å²) in [6.45, 7) is 0.658. The molecule has 1 aliphatic rings. The number of nitrogens with one attached hydrogen (secondary N) is 1. The lowest BCUT2D eigenvalue weighted by Crippen LogP contribution is -2.29. The Hall–Kier alpha value is -3.19. The third-order valence-corrected chi connectivity index (χ3v) is 6.74. The van der Waals surface area contributed by atoms with Crippen molar-refractivity contribution in [1.29, 1.82) is 0 Å². The molecule has 0 unspecified atom stereocenters. The molecule has 148 valence electrons. The largest absolute Gasteiger partial charge is 0.348 e. The fourth-order valence-corrected chi connectivity index (χ4v) is 4.85. The van der Waals surface area contributed by atoms with E-state index in [0.29, 0.717) is 24.2 Å². The number of hydrogen-bond acceptors (Lipinski definition) is 3. The molecular weight excluding hydrogens is 391 g/mol. The summed E-state index contributed by atoms with van der Waals surface area (Å²) < 4.78 is 40.4. The predicted molar refractivity (Wildman–Crippen MR) is 109 cm³/mol. The molecule has 1 N–H and O–H groups in total. The highest BCUT2D eigenvalue weighted by Crippen LogP contribution is 2.32. The summed E-state index contributed by atoms with van der Waals surface area (Å²) in [4.78, 5) is 12.5. The van der Waals surface area contributed by atoms with Gasteiger partial charge in [-0.1, -0.05) is 30.3 Å². The molecule has 0 radical (unpaired) electrons. The third-order valence-electron chi connectivity index (χ3n) is 4.92. The van der Waals surface area contributed by atoms with E-state index in [-0.39, 0.29) is 23.2 Å². The van der Waals surface area contributed by atoms with Gasteiger partial charge < -0.3 is 5.32 Å². The van der Waals surface area contributed by atoms with E-state index in [4.69, 9.17) is 0 Å². The average Bonchev–Trinajstić information content (AvgIpc) is 3.18. The first-order valence-corrected chi connectivity index (χ1v) is 10.6. The quantitative estimate of drug-likeness (QED) is 0.700. The Kier molecular flexibility index (Phi) is 5.07. The van der Waals surface area contributed by atoms with Crippen molar-refractivity contribution in [1.82, 2.24) is 5.32 Å². The van der Waals surface area contributed by atoms with Crippen LogP contribution in [0.2, 0.25) is 0 Å². The second kappa shape index (κ2) is 7.67. The van der Waals surface area contributed by atoms with Crippen molar-refractivity contribution in [2.45, 2.75) is 17.9 Å². The lowest BCUT2D eigenvalue weighted by molar-refractivity contribution is 0.0951. The van der Waals surface area contributed by atoms with Gasteiger partial charge in [-0.05, 0) is 60.0 Å². The Balaban J connectivity index is 1.47. The van der Waals surface area contributed by atoms with Crippen molar-refractivity contribution in [2.24, 2.45) is 0 Å². The fraction of sp³-hybridized carbons (Fsp3) is 0.136. The molecule has 3 aromatic rings. The number of anilines is 1. The molecule has 0 spiro atoms. The molecule has 1 aliphatic heterocycles. The normalized spacial score (nSPS) is 13.2. The van der Waals surface area contributed by atoms with Crippen LogP contribution in [-0.2, 0) is 23.0 Å². The van der Waals surface area contributed by atoms with Gasteiger partial charge in [-0.2, -0.15) is 0 Å². The number of amides is 1. The third kappa shape index (κ3) is 3.86. The van der Waals surface area contributed by atoms with Crippen LogP contribution >= 0.6 is 0 Å². The maximum atomic E-state index is 13.0. The molecule has 4 rings (SSSR count). The molecule has 0 fully saturated rings. The summed E-state index contributed by atoms with van der Waals surface area (Å²) in [6, 6.07) is 19.2. The highest BCUT2D eigenvalue weighted by atomic mass is 32.2. The number of halogens is 1. The van der Waals surface area contributed by atoms with Crippen LogP contribution in [0.5, 0.6) is 0 Å². The molecule has 5 nitrogen and oxygen atoms in total. The summed E-state index contributed by atoms with van der Waals surface area (Å²) in [5, 5.41) is 2.74. The Bertz CT molecular complexity index is 1140. The summed E-state index contributed by atoms with van der Waals surface area (Å²) in [5.41, 5.74) is 2.83. The number of para-hydroxylation sites is 1. The number of nitrogens with zero attached hydrogens (tertiary/aromatic N) is 1. The van der Waals surface area contributed by atoms with Crippen molar-refractivity contribution in [3.05, 3.63) is 95.3 Å². The van der Waals surface area contributed by atoms with E-state index in [1.165, 1.54) is 40.7 Å². The van der Waals surface area contributed by atoms with Gasteiger partial charge in [0.2, 0.25) is 0 Å². The number of hydrogen-bond donors (Lipinski definition) is 1. The molecular formula is C22H19FN2O3S. The van der Waals surface area contributed by atoms with Gasteiger partial charge in [0.1, 0.15) is 5.82 Å². The van der Waals surface area contributed by atoms with Crippen LogP contribution in [0.3, 0.4) is 0 Å². The Labute approximate surface area is 168 Å². The zero-order valence-electron chi connectivity index (χ0n) is 15.5. The van der Waals surface area contributed by atoms with Crippen LogP contribution < -0.4 is 9.62 Å². The molecule has 0 aromatic heterocycles. The number of rotatable bonds is 5. The van der Waals surface area contributed by atoms with Crippen molar-refractivity contribution < 1.29 is 17.6 Å². The topological polar surface area (TPSA) is 66.5 Å². The van der Waals surface area contributed by atoms with E-state index in [9.17, 15) is 17.6 Å². The molecule has 1 amide bonds. The molecule has 0 aliphatic carbocycles. The van der Waals surface area contributed by atoms with Gasteiger partial charge in [0, 0.05) is 18.7 Å². The smallest absolute Gasteiger partial charge is 0.264 e. The molecule has 0 saturated heterocycles. The van der Waals surface area contributed by atoms with Gasteiger partial charge in [-0.15, -0.1) is 0 Å². The van der Waals surface area contributed by atoms with Gasteiger partial charge >= 0.3 is 0 Å². The molecule has 0 saturated carbocycles. The summed E-state index contributed by atoms with van der Waals surface area (Å²) >= 11 is 0. The minimum absolute atomic E-state index is 0.143. The van der Waals surface area contributed by atoms with E-state index >= 15 is 0 Å². The molecule has 3 aromatic carbocycles. The second-order valence-electron chi connectivity index (χ2n) is 6.79. The molecule has 0 atom stereocenters. The lowest BCUT2D eigenvalue weighted by atomic mass is 10.2. The summed E-state index contributed by atoms with van der Waals surface area (Å²) in [6.07, 6.45) is 0.680. The van der Waals surface area contributed by atoms with Crippen LogP contribution in [-0.4, -0.2) is 20.9 Å². The highest BCUT2D eigenvalue weighted by Gasteiger charge is 2.30. The number of carbonyl (C=O) groups excluding carboxylic acids is 1. The number of carbonyl (C=O) groups is 1. The first-order valence-electron chi connectivity index (χ1n) is 9.18. The Morgan fingerprint density at radius 1 is 0.966 bits per heavy atom. The summed E-state index contributed by atoms with van der Waals surface area (Å²) in [5.74, 6) is -0.665. The Morgan fingerprint density at radius 2 is 1.66 bits per heavy atom. The van der Waals surface area contributed by atoms with E-state index in [2.05, 4.69) is 5.32 Å². The lowest BCUT2D eigenvalue weighted by Gasteiger charge is -2.19. The van der Waals surface area contributed by atoms with E-state index in [1.54, 1.807) is 18.2 Å². The number of benzene rings is 3. The van der Waals surface area contributed by atoms with Crippen LogP contribution in [0.25, 0.3) is 0 Å². The number of fused-ring (bicyclic) bond motifs is 1. The first kappa shape index (κ1) is 19.1. The first-order chi connectivity index (χ1) is 13.9. The van der Waals surface area contributed by atoms with E-state index in [1.807, 2.05) is 18.2 Å². The van der Waals surface area contributed by atoms with Gasteiger partial charge in [-0.3, -0.25) is 9.10 Å². The fourth-order valence-electron chi connectivity index (χ4n) is 3.35. The van der Waals surface area contributed by atoms with Crippen LogP contribution in [0.4, 0.5) is 10.1 Å². The highest BCUT2D eigenvalue weighted by molar-refractivity contribution is 7.92. The standard InChI is InChI=1S/C22H19FN2O3S/c23-19-9-5-16(6-10-19)15-24-22(26)18-7-11-20(12-8-18)29(27,28)25-14-13-17-3-1-2-4-21(17)25/h1-12H,13-15H2,(H,24,26). The van der Waals surface area contributed by atoms with E-state index < -0.39 is 10.0 Å². The van der Waals surface area contributed by atoms with Gasteiger partial charge in [-0.25, -0.2) is 12.8 Å².